The van der Waals surface area contributed by atoms with E-state index < -0.39 is 0 Å². The van der Waals surface area contributed by atoms with Gasteiger partial charge in [0, 0.05) is 25.6 Å². The molecule has 130 valence electrons. The Kier molecular flexibility index (Phi) is 4.30. The molecule has 2 aromatic rings. The summed E-state index contributed by atoms with van der Waals surface area (Å²) in [5.74, 6) is 0.759. The highest BCUT2D eigenvalue weighted by atomic mass is 19.1. The zero-order valence-electron chi connectivity index (χ0n) is 14.4. The number of amides is 1. The minimum absolute atomic E-state index is 0.0910. The van der Waals surface area contributed by atoms with Crippen molar-refractivity contribution in [3.63, 3.8) is 0 Å². The number of nitrogens with one attached hydrogen (secondary N) is 1. The normalized spacial score (nSPS) is 25.2. The van der Waals surface area contributed by atoms with Crippen molar-refractivity contribution in [1.29, 1.82) is 0 Å². The Hall–Kier alpha value is -2.20. The van der Waals surface area contributed by atoms with Gasteiger partial charge in [0.15, 0.2) is 0 Å². The molecule has 25 heavy (non-hydrogen) atoms. The summed E-state index contributed by atoms with van der Waals surface area (Å²) in [6.07, 6.45) is 0.257. The number of hydrogen-bond acceptors (Lipinski definition) is 2. The molecule has 2 saturated heterocycles. The van der Waals surface area contributed by atoms with E-state index in [0.717, 1.165) is 25.2 Å². The van der Waals surface area contributed by atoms with Gasteiger partial charge in [-0.25, -0.2) is 4.39 Å². The van der Waals surface area contributed by atoms with E-state index in [-0.39, 0.29) is 24.2 Å². The average molecular weight is 338 g/mol. The fourth-order valence-corrected chi connectivity index (χ4v) is 4.42. The van der Waals surface area contributed by atoms with Crippen molar-refractivity contribution in [1.82, 2.24) is 10.2 Å². The largest absolute Gasteiger partial charge is 0.335 e. The molecule has 0 bridgehead atoms. The lowest BCUT2D eigenvalue weighted by Crippen LogP contribution is -2.36. The van der Waals surface area contributed by atoms with E-state index in [4.69, 9.17) is 0 Å². The summed E-state index contributed by atoms with van der Waals surface area (Å²) < 4.78 is 13.4. The van der Waals surface area contributed by atoms with Gasteiger partial charge < -0.3 is 10.2 Å². The minimum atomic E-state index is -0.289. The first-order valence-corrected chi connectivity index (χ1v) is 8.93. The number of benzene rings is 2. The molecule has 0 unspecified atom stereocenters. The number of rotatable bonds is 3. The van der Waals surface area contributed by atoms with Gasteiger partial charge in [-0.15, -0.1) is 0 Å². The van der Waals surface area contributed by atoms with Crippen LogP contribution in [0.2, 0.25) is 0 Å². The Morgan fingerprint density at radius 1 is 1.20 bits per heavy atom. The topological polar surface area (TPSA) is 32.3 Å². The molecule has 0 aromatic heterocycles. The highest BCUT2D eigenvalue weighted by Gasteiger charge is 2.46. The summed E-state index contributed by atoms with van der Waals surface area (Å²) in [7, 11) is 0. The third-order valence-corrected chi connectivity index (χ3v) is 5.64. The molecule has 2 aliphatic heterocycles. The van der Waals surface area contributed by atoms with Gasteiger partial charge in [-0.05, 0) is 41.7 Å². The number of nitrogens with zero attached hydrogens (tertiary/aromatic N) is 1. The van der Waals surface area contributed by atoms with Gasteiger partial charge in [0.25, 0.3) is 0 Å². The highest BCUT2D eigenvalue weighted by Crippen LogP contribution is 2.43. The van der Waals surface area contributed by atoms with Crippen LogP contribution >= 0.6 is 0 Å². The molecule has 3 atom stereocenters. The quantitative estimate of drug-likeness (QED) is 0.933. The molecule has 0 spiro atoms. The molecular weight excluding hydrogens is 315 g/mol. The third kappa shape index (κ3) is 3.07. The first-order valence-electron chi connectivity index (χ1n) is 8.93. The fourth-order valence-electron chi connectivity index (χ4n) is 4.42. The van der Waals surface area contributed by atoms with E-state index in [2.05, 4.69) is 24.4 Å². The van der Waals surface area contributed by atoms with Gasteiger partial charge in [0.05, 0.1) is 12.5 Å². The second kappa shape index (κ2) is 6.60. The smallest absolute Gasteiger partial charge is 0.227 e. The lowest BCUT2D eigenvalue weighted by atomic mass is 9.87. The van der Waals surface area contributed by atoms with Gasteiger partial charge in [0.1, 0.15) is 5.82 Å². The summed E-state index contributed by atoms with van der Waals surface area (Å²) in [4.78, 5) is 15.1. The van der Waals surface area contributed by atoms with Crippen molar-refractivity contribution in [2.45, 2.75) is 19.4 Å². The summed E-state index contributed by atoms with van der Waals surface area (Å²) >= 11 is 0. The van der Waals surface area contributed by atoms with Gasteiger partial charge in [-0.2, -0.15) is 0 Å². The molecule has 0 radical (unpaired) electrons. The van der Waals surface area contributed by atoms with Crippen molar-refractivity contribution >= 4 is 5.91 Å². The van der Waals surface area contributed by atoms with E-state index in [1.165, 1.54) is 23.3 Å². The minimum Gasteiger partial charge on any atom is -0.335 e. The van der Waals surface area contributed by atoms with Crippen LogP contribution in [0.3, 0.4) is 0 Å². The maximum atomic E-state index is 13.4. The number of fused-ring (bicyclic) bond motifs is 1. The molecule has 1 N–H and O–H groups in total. The van der Waals surface area contributed by atoms with Crippen LogP contribution in [-0.2, 0) is 11.2 Å². The number of hydrogen-bond donors (Lipinski definition) is 1. The molecule has 4 rings (SSSR count). The molecule has 2 fully saturated rings. The van der Waals surface area contributed by atoms with Crippen molar-refractivity contribution in [2.75, 3.05) is 19.6 Å². The Morgan fingerprint density at radius 2 is 2.04 bits per heavy atom. The van der Waals surface area contributed by atoms with Crippen LogP contribution in [0.15, 0.2) is 48.5 Å². The maximum absolute atomic E-state index is 13.4. The molecule has 2 aliphatic rings. The Morgan fingerprint density at radius 3 is 2.84 bits per heavy atom. The first-order chi connectivity index (χ1) is 12.1. The third-order valence-electron chi connectivity index (χ3n) is 5.64. The summed E-state index contributed by atoms with van der Waals surface area (Å²) in [5.41, 5.74) is 3.21. The van der Waals surface area contributed by atoms with Gasteiger partial charge in [-0.1, -0.05) is 36.4 Å². The summed E-state index contributed by atoms with van der Waals surface area (Å²) in [6, 6.07) is 14.8. The highest BCUT2D eigenvalue weighted by molar-refractivity contribution is 5.79. The number of aryl methyl sites for hydroxylation is 1. The molecular formula is C21H23FN2O. The molecule has 4 heteroatoms. The second-order valence-corrected chi connectivity index (χ2v) is 7.24. The molecule has 0 aliphatic carbocycles. The first kappa shape index (κ1) is 16.3. The zero-order chi connectivity index (χ0) is 17.4. The number of halogens is 1. The van der Waals surface area contributed by atoms with Crippen molar-refractivity contribution in [3.8, 4) is 0 Å². The van der Waals surface area contributed by atoms with Crippen molar-refractivity contribution in [2.24, 2.45) is 11.8 Å². The number of carbonyl (C=O) groups excluding carboxylic acids is 1. The molecule has 1 amide bonds. The monoisotopic (exact) mass is 338 g/mol. The standard InChI is InChI=1S/C21H23FN2O/c1-14-5-2-3-8-18(14)21-19-12-23-11-16(19)13-24(21)20(25)10-15-6-4-7-17(22)9-15/h2-9,16,19,21,23H,10-13H2,1H3/t16-,19-,21+/m0/s1. The molecule has 3 nitrogen and oxygen atoms in total. The number of likely N-dealkylation sites (tertiary alicyclic amines) is 1. The van der Waals surface area contributed by atoms with Crippen LogP contribution < -0.4 is 5.32 Å². The Balaban J connectivity index is 1.63. The van der Waals surface area contributed by atoms with Gasteiger partial charge >= 0.3 is 0 Å². The second-order valence-electron chi connectivity index (χ2n) is 7.24. The van der Waals surface area contributed by atoms with Crippen LogP contribution in [0, 0.1) is 24.6 Å². The number of carbonyl (C=O) groups is 1. The van der Waals surface area contributed by atoms with Crippen LogP contribution in [0.1, 0.15) is 22.7 Å². The summed E-state index contributed by atoms with van der Waals surface area (Å²) in [6.45, 7) is 4.81. The van der Waals surface area contributed by atoms with Crippen LogP contribution in [-0.4, -0.2) is 30.4 Å². The molecule has 0 saturated carbocycles. The van der Waals surface area contributed by atoms with Crippen molar-refractivity contribution in [3.05, 3.63) is 71.0 Å². The maximum Gasteiger partial charge on any atom is 0.227 e. The van der Waals surface area contributed by atoms with Crippen LogP contribution in [0.5, 0.6) is 0 Å². The zero-order valence-corrected chi connectivity index (χ0v) is 14.4. The van der Waals surface area contributed by atoms with Gasteiger partial charge in [0.2, 0.25) is 5.91 Å². The van der Waals surface area contributed by atoms with E-state index >= 15 is 0 Å². The fraction of sp³-hybridized carbons (Fsp3) is 0.381. The van der Waals surface area contributed by atoms with Gasteiger partial charge in [-0.3, -0.25) is 4.79 Å². The van der Waals surface area contributed by atoms with E-state index in [1.807, 2.05) is 23.1 Å². The predicted octanol–water partition coefficient (Wildman–Crippen LogP) is 3.10. The van der Waals surface area contributed by atoms with E-state index in [9.17, 15) is 9.18 Å². The van der Waals surface area contributed by atoms with Crippen molar-refractivity contribution < 1.29 is 9.18 Å². The lowest BCUT2D eigenvalue weighted by Gasteiger charge is -2.29. The van der Waals surface area contributed by atoms with E-state index in [1.54, 1.807) is 6.07 Å². The SMILES string of the molecule is Cc1ccccc1[C@@H]1[C@H]2CNC[C@H]2CN1C(=O)Cc1cccc(F)c1. The van der Waals surface area contributed by atoms with E-state index in [0.29, 0.717) is 11.8 Å². The molecule has 2 heterocycles. The average Bonchev–Trinajstić information content (AvgIpc) is 3.16. The Bertz CT molecular complexity index is 791. The Labute approximate surface area is 147 Å². The summed E-state index contributed by atoms with van der Waals surface area (Å²) in [5, 5.41) is 3.47. The predicted molar refractivity (Wildman–Crippen MR) is 95.6 cm³/mol. The lowest BCUT2D eigenvalue weighted by molar-refractivity contribution is -0.131. The molecule has 2 aromatic carbocycles. The van der Waals surface area contributed by atoms with Crippen LogP contribution in [0.4, 0.5) is 4.39 Å². The van der Waals surface area contributed by atoms with Crippen LogP contribution in [0.25, 0.3) is 0 Å².